The van der Waals surface area contributed by atoms with Crippen LogP contribution in [0.1, 0.15) is 89.5 Å². The molecule has 14 nitrogen and oxygen atoms in total. The maximum Gasteiger partial charge on any atom is 0.243 e. The number of nitrogens with one attached hydrogen (secondary N) is 2. The molecule has 8 atom stereocenters. The number of hydrogen-bond acceptors (Lipinski definition) is 10. The van der Waals surface area contributed by atoms with Gasteiger partial charge in [0, 0.05) is 13.1 Å². The molecule has 0 spiro atoms. The van der Waals surface area contributed by atoms with Gasteiger partial charge in [-0.2, -0.15) is 0 Å². The predicted octanol–water partition coefficient (Wildman–Crippen LogP) is 7.60. The molecule has 6 aromatic carbocycles. The van der Waals surface area contributed by atoms with Gasteiger partial charge in [0.15, 0.2) is 19.7 Å². The van der Waals surface area contributed by atoms with Crippen LogP contribution in [0.2, 0.25) is 0 Å². The Labute approximate surface area is 472 Å². The minimum Gasteiger partial charge on any atom is -0.388 e. The lowest BCUT2D eigenvalue weighted by molar-refractivity contribution is -0.142. The maximum absolute atomic E-state index is 14.9. The van der Waals surface area contributed by atoms with Crippen molar-refractivity contribution >= 4 is 64.8 Å². The van der Waals surface area contributed by atoms with Gasteiger partial charge in [-0.05, 0) is 137 Å². The zero-order valence-corrected chi connectivity index (χ0v) is 48.5. The van der Waals surface area contributed by atoms with Crippen molar-refractivity contribution in [3.05, 3.63) is 168 Å². The number of rotatable bonds is 21. The lowest BCUT2D eigenvalue weighted by Gasteiger charge is -2.36. The lowest BCUT2D eigenvalue weighted by atomic mass is 9.90. The van der Waals surface area contributed by atoms with Crippen LogP contribution < -0.4 is 10.6 Å². The number of benzene rings is 6. The van der Waals surface area contributed by atoms with E-state index >= 15 is 0 Å². The molecule has 80 heavy (non-hydrogen) atoms. The molecule has 4 N–H and O–H groups in total. The molecule has 0 saturated carbocycles. The van der Waals surface area contributed by atoms with Crippen molar-refractivity contribution < 1.29 is 46.2 Å². The summed E-state index contributed by atoms with van der Waals surface area (Å²) in [5, 5.41) is 34.7. The average molecular weight is 1130 g/mol. The number of likely N-dealkylation sites (tertiary alicyclic amines) is 2. The Hall–Kier alpha value is -6.46. The summed E-state index contributed by atoms with van der Waals surface area (Å²) < 4.78 is 53.3. The summed E-state index contributed by atoms with van der Waals surface area (Å²) in [6.45, 7) is 10.1. The second-order valence-corrected chi connectivity index (χ2v) is 29.4. The summed E-state index contributed by atoms with van der Waals surface area (Å²) in [6, 6.07) is 40.7. The van der Waals surface area contributed by atoms with Gasteiger partial charge < -0.3 is 30.6 Å². The number of nitrogens with zero attached hydrogens (tertiary/aromatic N) is 2. The topological polar surface area (TPSA) is 208 Å². The minimum atomic E-state index is -3.82. The quantitative estimate of drug-likeness (QED) is 0.0555. The van der Waals surface area contributed by atoms with Gasteiger partial charge in [0.1, 0.15) is 24.3 Å². The molecule has 0 aromatic heterocycles. The summed E-state index contributed by atoms with van der Waals surface area (Å²) in [5.41, 5.74) is 3.06. The van der Waals surface area contributed by atoms with Crippen LogP contribution >= 0.6 is 0 Å². The van der Waals surface area contributed by atoms with E-state index in [0.29, 0.717) is 12.8 Å². The number of aliphatic hydroxyl groups is 2. The van der Waals surface area contributed by atoms with E-state index in [0.717, 1.165) is 43.8 Å². The Morgan fingerprint density at radius 2 is 0.825 bits per heavy atom. The SMILES string of the molecule is CC(C)(C)S(=O)(=O)C[C@@H](Cc1cccc2ccccc12)C(=O)N1CCC[C@H]1C(=O)N[C@@H](Cc1ccccc1)[C@@H](O)[C@H](O)[C@H](Cc1ccccc1)NC(=O)[C@@H]1CCCN1C(=O)[C@H](Cc1cccc2ccccc12)CS(=O)(=O)C(C)(C)C. The van der Waals surface area contributed by atoms with Gasteiger partial charge in [0.2, 0.25) is 23.6 Å². The van der Waals surface area contributed by atoms with Gasteiger partial charge in [0.25, 0.3) is 0 Å². The van der Waals surface area contributed by atoms with Gasteiger partial charge in [-0.1, -0.05) is 146 Å². The summed E-state index contributed by atoms with van der Waals surface area (Å²) in [4.78, 5) is 62.4. The molecule has 2 aliphatic rings. The fourth-order valence-corrected chi connectivity index (χ4v) is 13.9. The van der Waals surface area contributed by atoms with Crippen LogP contribution in [0.25, 0.3) is 21.5 Å². The van der Waals surface area contributed by atoms with Gasteiger partial charge in [-0.3, -0.25) is 19.2 Å². The summed E-state index contributed by atoms with van der Waals surface area (Å²) in [6.07, 6.45) is -1.60. The molecule has 0 radical (unpaired) electrons. The molecule has 2 fully saturated rings. The number of amides is 4. The molecule has 2 saturated heterocycles. The second-order valence-electron chi connectivity index (χ2n) is 23.8. The third-order valence-corrected chi connectivity index (χ3v) is 21.6. The average Bonchev–Trinajstić information content (AvgIpc) is 4.14. The number of hydrogen-bond donors (Lipinski definition) is 4. The molecule has 0 bridgehead atoms. The molecule has 6 aromatic rings. The first-order valence-corrected chi connectivity index (χ1v) is 31.3. The molecule has 2 heterocycles. The van der Waals surface area contributed by atoms with Crippen molar-refractivity contribution in [1.82, 2.24) is 20.4 Å². The highest BCUT2D eigenvalue weighted by Crippen LogP contribution is 2.32. The van der Waals surface area contributed by atoms with Crippen LogP contribution in [0, 0.1) is 11.8 Å². The number of sulfone groups is 2. The third kappa shape index (κ3) is 14.0. The van der Waals surface area contributed by atoms with E-state index in [1.807, 2.05) is 146 Å². The van der Waals surface area contributed by atoms with Crippen LogP contribution in [0.15, 0.2) is 146 Å². The molecule has 4 amide bonds. The van der Waals surface area contributed by atoms with Crippen LogP contribution in [0.5, 0.6) is 0 Å². The molecular weight excluding hydrogens is 1050 g/mol. The van der Waals surface area contributed by atoms with Crippen LogP contribution in [0.4, 0.5) is 0 Å². The van der Waals surface area contributed by atoms with E-state index in [1.165, 1.54) is 9.80 Å². The van der Waals surface area contributed by atoms with Crippen molar-refractivity contribution in [2.45, 2.75) is 139 Å². The maximum atomic E-state index is 14.9. The van der Waals surface area contributed by atoms with Crippen molar-refractivity contribution in [2.24, 2.45) is 11.8 Å². The van der Waals surface area contributed by atoms with Crippen molar-refractivity contribution in [3.8, 4) is 0 Å². The monoisotopic (exact) mass is 1130 g/mol. The Morgan fingerprint density at radius 3 is 1.19 bits per heavy atom. The Bertz CT molecular complexity index is 3150. The van der Waals surface area contributed by atoms with Crippen LogP contribution in [-0.4, -0.2) is 131 Å². The molecule has 8 rings (SSSR count). The van der Waals surface area contributed by atoms with E-state index in [2.05, 4.69) is 10.6 Å². The van der Waals surface area contributed by atoms with Crippen molar-refractivity contribution in [1.29, 1.82) is 0 Å². The Balaban J connectivity index is 1.05. The largest absolute Gasteiger partial charge is 0.388 e. The first-order valence-electron chi connectivity index (χ1n) is 28.0. The van der Waals surface area contributed by atoms with Crippen LogP contribution in [0.3, 0.4) is 0 Å². The molecule has 0 aliphatic carbocycles. The van der Waals surface area contributed by atoms with E-state index < -0.39 is 113 Å². The summed E-state index contributed by atoms with van der Waals surface area (Å²) in [5.74, 6) is -5.01. The molecule has 0 unspecified atom stereocenters. The van der Waals surface area contributed by atoms with Crippen molar-refractivity contribution in [2.75, 3.05) is 24.6 Å². The lowest BCUT2D eigenvalue weighted by Crippen LogP contribution is -2.60. The van der Waals surface area contributed by atoms with E-state index in [4.69, 9.17) is 0 Å². The Morgan fingerprint density at radius 1 is 0.487 bits per heavy atom. The first kappa shape index (κ1) is 59.7. The Kier molecular flexibility index (Phi) is 18.7. The number of aliphatic hydroxyl groups excluding tert-OH is 2. The van der Waals surface area contributed by atoms with Gasteiger partial charge in [-0.15, -0.1) is 0 Å². The number of fused-ring (bicyclic) bond motifs is 2. The van der Waals surface area contributed by atoms with Gasteiger partial charge >= 0.3 is 0 Å². The molecule has 16 heteroatoms. The summed E-state index contributed by atoms with van der Waals surface area (Å²) in [7, 11) is -7.65. The predicted molar refractivity (Wildman–Crippen MR) is 315 cm³/mol. The smallest absolute Gasteiger partial charge is 0.243 e. The highest BCUT2D eigenvalue weighted by Gasteiger charge is 2.45. The fraction of sp³-hybridized carbons (Fsp3) is 0.438. The standard InChI is InChI=1S/C64H78N4O10S2/c1-63(2,3)79(75,76)41-49(39-47-29-17-27-45-25-13-15-31-51(45)47)61(73)67-35-19-33-55(67)59(71)65-53(37-43-21-9-7-10-22-43)57(69)58(70)54(38-44-23-11-8-12-24-44)66-60(72)56-34-20-36-68(56)62(74)50(42-80(77,78)64(4,5)6)40-48-30-18-28-46-26-14-16-32-52(46)48/h7-18,21-32,49-50,53-58,69-70H,19-20,33-42H2,1-6H3,(H,65,71)(H,66,72)/t49-,50-,53+,54+,55+,56+,57-,58-/m1/s1. The van der Waals surface area contributed by atoms with E-state index in [9.17, 15) is 46.2 Å². The minimum absolute atomic E-state index is 0.0471. The number of carbonyl (C=O) groups is 4. The van der Waals surface area contributed by atoms with Crippen LogP contribution in [-0.2, 0) is 64.5 Å². The third-order valence-electron chi connectivity index (χ3n) is 16.2. The van der Waals surface area contributed by atoms with Gasteiger partial charge in [0.05, 0.1) is 44.9 Å². The second kappa shape index (κ2) is 25.1. The van der Waals surface area contributed by atoms with E-state index in [1.54, 1.807) is 41.5 Å². The molecular formula is C64H78N4O10S2. The van der Waals surface area contributed by atoms with E-state index in [-0.39, 0.29) is 51.6 Å². The first-order chi connectivity index (χ1) is 37.9. The fourth-order valence-electron chi connectivity index (χ4n) is 11.3. The highest BCUT2D eigenvalue weighted by molar-refractivity contribution is 7.93. The zero-order valence-electron chi connectivity index (χ0n) is 46.8. The highest BCUT2D eigenvalue weighted by atomic mass is 32.2. The van der Waals surface area contributed by atoms with Crippen molar-refractivity contribution in [3.63, 3.8) is 0 Å². The normalized spacial score (nSPS) is 18.6. The zero-order chi connectivity index (χ0) is 57.6. The molecule has 426 valence electrons. The molecule has 2 aliphatic heterocycles. The summed E-state index contributed by atoms with van der Waals surface area (Å²) >= 11 is 0. The number of carbonyl (C=O) groups excluding carboxylic acids is 4. The van der Waals surface area contributed by atoms with Gasteiger partial charge in [-0.25, -0.2) is 16.8 Å².